The molecular formula is C23H18N4O2S. The first-order valence-electron chi connectivity index (χ1n) is 9.53. The molecule has 5 rings (SSSR count). The van der Waals surface area contributed by atoms with E-state index in [0.29, 0.717) is 17.1 Å². The summed E-state index contributed by atoms with van der Waals surface area (Å²) in [5, 5.41) is 14.1. The molecule has 0 bridgehead atoms. The largest absolute Gasteiger partial charge is 0.337 e. The molecule has 6 nitrogen and oxygen atoms in total. The van der Waals surface area contributed by atoms with Crippen molar-refractivity contribution in [2.24, 2.45) is 0 Å². The third-order valence-corrected chi connectivity index (χ3v) is 5.73. The maximum absolute atomic E-state index is 13.1. The predicted octanol–water partition coefficient (Wildman–Crippen LogP) is 4.84. The Balaban J connectivity index is 1.65. The third-order valence-electron chi connectivity index (χ3n) is 5.05. The first-order chi connectivity index (χ1) is 14.6. The first kappa shape index (κ1) is 18.4. The van der Waals surface area contributed by atoms with Crippen molar-refractivity contribution in [3.05, 3.63) is 86.7 Å². The van der Waals surface area contributed by atoms with Gasteiger partial charge in [-0.2, -0.15) is 21.4 Å². The highest BCUT2D eigenvalue weighted by Crippen LogP contribution is 2.28. The van der Waals surface area contributed by atoms with Crippen molar-refractivity contribution in [2.45, 2.75) is 20.4 Å². The van der Waals surface area contributed by atoms with Gasteiger partial charge in [0, 0.05) is 21.9 Å². The highest BCUT2D eigenvalue weighted by atomic mass is 32.1. The van der Waals surface area contributed by atoms with Crippen molar-refractivity contribution in [2.75, 3.05) is 0 Å². The Hall–Kier alpha value is -3.58. The average molecular weight is 414 g/mol. The number of hydrogen-bond donors (Lipinski definition) is 0. The van der Waals surface area contributed by atoms with E-state index < -0.39 is 0 Å². The van der Waals surface area contributed by atoms with E-state index >= 15 is 0 Å². The van der Waals surface area contributed by atoms with Crippen LogP contribution in [-0.2, 0) is 6.54 Å². The van der Waals surface area contributed by atoms with Gasteiger partial charge in [-0.3, -0.25) is 4.79 Å². The lowest BCUT2D eigenvalue weighted by atomic mass is 9.99. The molecule has 30 heavy (non-hydrogen) atoms. The fourth-order valence-corrected chi connectivity index (χ4v) is 4.12. The van der Waals surface area contributed by atoms with Crippen molar-refractivity contribution in [3.8, 4) is 22.6 Å². The minimum atomic E-state index is -0.185. The molecule has 5 aromatic rings. The molecule has 0 atom stereocenters. The normalized spacial score (nSPS) is 11.3. The number of aryl methyl sites for hydroxylation is 2. The number of aromatic nitrogens is 4. The molecule has 0 saturated carbocycles. The molecular weight excluding hydrogens is 396 g/mol. The maximum atomic E-state index is 13.1. The summed E-state index contributed by atoms with van der Waals surface area (Å²) in [6.07, 6.45) is 0. The quantitative estimate of drug-likeness (QED) is 0.421. The van der Waals surface area contributed by atoms with Crippen molar-refractivity contribution < 1.29 is 4.52 Å². The molecule has 3 aromatic heterocycles. The third kappa shape index (κ3) is 3.23. The second kappa shape index (κ2) is 7.35. The van der Waals surface area contributed by atoms with Gasteiger partial charge < -0.3 is 4.52 Å². The van der Waals surface area contributed by atoms with E-state index in [1.54, 1.807) is 11.3 Å². The predicted molar refractivity (Wildman–Crippen MR) is 118 cm³/mol. The molecule has 0 radical (unpaired) electrons. The summed E-state index contributed by atoms with van der Waals surface area (Å²) in [5.41, 5.74) is 4.71. The molecule has 148 valence electrons. The van der Waals surface area contributed by atoms with Crippen LogP contribution < -0.4 is 5.56 Å². The van der Waals surface area contributed by atoms with Crippen molar-refractivity contribution in [1.29, 1.82) is 0 Å². The number of thiophene rings is 1. The monoisotopic (exact) mass is 414 g/mol. The van der Waals surface area contributed by atoms with E-state index in [-0.39, 0.29) is 12.1 Å². The van der Waals surface area contributed by atoms with Crippen LogP contribution >= 0.6 is 11.3 Å². The number of nitrogens with zero attached hydrogens (tertiary/aromatic N) is 4. The van der Waals surface area contributed by atoms with Crippen molar-refractivity contribution in [3.63, 3.8) is 0 Å². The molecule has 2 aromatic carbocycles. The molecule has 0 fully saturated rings. The summed E-state index contributed by atoms with van der Waals surface area (Å²) >= 11 is 1.56. The Morgan fingerprint density at radius 1 is 1.07 bits per heavy atom. The van der Waals surface area contributed by atoms with Gasteiger partial charge in [-0.15, -0.1) is 0 Å². The molecule has 0 unspecified atom stereocenters. The van der Waals surface area contributed by atoms with Gasteiger partial charge in [-0.25, -0.2) is 4.68 Å². The van der Waals surface area contributed by atoms with Crippen molar-refractivity contribution >= 4 is 22.1 Å². The van der Waals surface area contributed by atoms with Gasteiger partial charge in [0.15, 0.2) is 0 Å². The van der Waals surface area contributed by atoms with Crippen LogP contribution in [0, 0.1) is 13.8 Å². The summed E-state index contributed by atoms with van der Waals surface area (Å²) in [7, 11) is 0. The zero-order chi connectivity index (χ0) is 20.7. The highest BCUT2D eigenvalue weighted by molar-refractivity contribution is 7.08. The van der Waals surface area contributed by atoms with Gasteiger partial charge in [-0.05, 0) is 43.0 Å². The fourth-order valence-electron chi connectivity index (χ4n) is 3.49. The molecule has 0 spiro atoms. The molecule has 0 aliphatic carbocycles. The average Bonchev–Trinajstić information content (AvgIpc) is 3.44. The van der Waals surface area contributed by atoms with E-state index in [0.717, 1.165) is 33.3 Å². The fraction of sp³-hybridized carbons (Fsp3) is 0.130. The molecule has 0 aliphatic heterocycles. The van der Waals surface area contributed by atoms with E-state index in [9.17, 15) is 4.79 Å². The second-order valence-electron chi connectivity index (χ2n) is 7.20. The summed E-state index contributed by atoms with van der Waals surface area (Å²) in [6.45, 7) is 4.20. The highest BCUT2D eigenvalue weighted by Gasteiger charge is 2.16. The summed E-state index contributed by atoms with van der Waals surface area (Å²) < 4.78 is 6.80. The van der Waals surface area contributed by atoms with Gasteiger partial charge in [-0.1, -0.05) is 41.1 Å². The summed E-state index contributed by atoms with van der Waals surface area (Å²) in [5.74, 6) is 0.850. The van der Waals surface area contributed by atoms with Gasteiger partial charge in [0.25, 0.3) is 5.56 Å². The van der Waals surface area contributed by atoms with Gasteiger partial charge in [0.2, 0.25) is 11.7 Å². The SMILES string of the molecule is Cc1ccc(C)c(-c2nn(Cc3nc(-c4ccsc4)no3)c(=O)c3ccccc23)c1. The molecule has 3 heterocycles. The second-order valence-corrected chi connectivity index (χ2v) is 7.98. The van der Waals surface area contributed by atoms with Gasteiger partial charge in [0.1, 0.15) is 6.54 Å². The lowest BCUT2D eigenvalue weighted by Gasteiger charge is -2.12. The van der Waals surface area contributed by atoms with Gasteiger partial charge >= 0.3 is 0 Å². The zero-order valence-corrected chi connectivity index (χ0v) is 17.3. The van der Waals surface area contributed by atoms with Crippen LogP contribution in [0.25, 0.3) is 33.4 Å². The Morgan fingerprint density at radius 3 is 2.70 bits per heavy atom. The van der Waals surface area contributed by atoms with Crippen LogP contribution in [0.5, 0.6) is 0 Å². The number of hydrogen-bond acceptors (Lipinski definition) is 6. The van der Waals surface area contributed by atoms with E-state index in [4.69, 9.17) is 9.62 Å². The summed E-state index contributed by atoms with van der Waals surface area (Å²) in [4.78, 5) is 17.5. The van der Waals surface area contributed by atoms with Crippen LogP contribution in [0.3, 0.4) is 0 Å². The van der Waals surface area contributed by atoms with Crippen LogP contribution in [0.15, 0.2) is 68.6 Å². The molecule has 0 aliphatic rings. The maximum Gasteiger partial charge on any atom is 0.275 e. The summed E-state index contributed by atoms with van der Waals surface area (Å²) in [6, 6.07) is 15.7. The minimum absolute atomic E-state index is 0.110. The topological polar surface area (TPSA) is 73.8 Å². The smallest absolute Gasteiger partial charge is 0.275 e. The van der Waals surface area contributed by atoms with Gasteiger partial charge in [0.05, 0.1) is 11.1 Å². The molecule has 7 heteroatoms. The van der Waals surface area contributed by atoms with Crippen LogP contribution in [0.1, 0.15) is 17.0 Å². The minimum Gasteiger partial charge on any atom is -0.337 e. The van der Waals surface area contributed by atoms with Crippen LogP contribution in [0.4, 0.5) is 0 Å². The standard InChI is InChI=1S/C23H18N4O2S/c1-14-7-8-15(2)19(11-14)21-17-5-3-4-6-18(17)23(28)27(25-21)12-20-24-22(26-29-20)16-9-10-30-13-16/h3-11,13H,12H2,1-2H3. The van der Waals surface area contributed by atoms with E-state index in [1.165, 1.54) is 4.68 Å². The Labute approximate surface area is 176 Å². The number of fused-ring (bicyclic) bond motifs is 1. The first-order valence-corrected chi connectivity index (χ1v) is 10.5. The van der Waals surface area contributed by atoms with Crippen LogP contribution in [-0.4, -0.2) is 19.9 Å². The number of rotatable bonds is 4. The zero-order valence-electron chi connectivity index (χ0n) is 16.5. The lowest BCUT2D eigenvalue weighted by molar-refractivity contribution is 0.364. The van der Waals surface area contributed by atoms with E-state index in [1.807, 2.05) is 54.9 Å². The van der Waals surface area contributed by atoms with Crippen molar-refractivity contribution in [1.82, 2.24) is 19.9 Å². The Bertz CT molecular complexity index is 1420. The van der Waals surface area contributed by atoms with Crippen LogP contribution in [0.2, 0.25) is 0 Å². The van der Waals surface area contributed by atoms with E-state index in [2.05, 4.69) is 28.3 Å². The molecule has 0 N–H and O–H groups in total. The molecule has 0 saturated heterocycles. The Morgan fingerprint density at radius 2 is 1.90 bits per heavy atom. The molecule has 0 amide bonds. The Kier molecular flexibility index (Phi) is 4.52. The number of benzene rings is 2. The lowest BCUT2D eigenvalue weighted by Crippen LogP contribution is -2.24.